The lowest BCUT2D eigenvalue weighted by Crippen LogP contribution is -3.11. The topological polar surface area (TPSA) is 71.2 Å². The molecule has 1 unspecified atom stereocenters. The van der Waals surface area contributed by atoms with Gasteiger partial charge in [0.2, 0.25) is 0 Å². The van der Waals surface area contributed by atoms with E-state index in [-0.39, 0.29) is 5.92 Å². The molecule has 0 aromatic heterocycles. The Kier molecular flexibility index (Phi) is 4.72. The van der Waals surface area contributed by atoms with E-state index in [1.807, 2.05) is 0 Å². The van der Waals surface area contributed by atoms with Gasteiger partial charge < -0.3 is 19.8 Å². The van der Waals surface area contributed by atoms with Crippen molar-refractivity contribution < 1.29 is 24.6 Å². The van der Waals surface area contributed by atoms with Crippen LogP contribution in [-0.4, -0.2) is 53.6 Å². The fourth-order valence-corrected chi connectivity index (χ4v) is 3.78. The maximum absolute atomic E-state index is 12.2. The standard InChI is InChI=1S/C15H27NO4/c1-10(2)15(19,11(3)17)14(18)20-9-12-6-8-16-7-4-5-13(12)16/h10-13,17,19H,4-9H2,1-3H3/p+1/t11-,12+,13+,15-/m1/s1. The van der Waals surface area contributed by atoms with Crippen LogP contribution in [0.5, 0.6) is 0 Å². The minimum Gasteiger partial charge on any atom is -0.463 e. The highest BCUT2D eigenvalue weighted by atomic mass is 16.6. The fourth-order valence-electron chi connectivity index (χ4n) is 3.78. The Hall–Kier alpha value is -0.650. The van der Waals surface area contributed by atoms with Crippen LogP contribution in [0.1, 0.15) is 40.0 Å². The second-order valence-electron chi connectivity index (χ2n) is 6.71. The van der Waals surface area contributed by atoms with Gasteiger partial charge in [0.15, 0.2) is 5.60 Å². The number of carbonyl (C=O) groups excluding carboxylic acids is 1. The first-order chi connectivity index (χ1) is 9.37. The predicted molar refractivity (Wildman–Crippen MR) is 74.3 cm³/mol. The first-order valence-corrected chi connectivity index (χ1v) is 7.79. The summed E-state index contributed by atoms with van der Waals surface area (Å²) >= 11 is 0. The molecule has 0 aliphatic carbocycles. The smallest absolute Gasteiger partial charge is 0.341 e. The Balaban J connectivity index is 1.91. The van der Waals surface area contributed by atoms with Crippen LogP contribution < -0.4 is 4.90 Å². The monoisotopic (exact) mass is 286 g/mol. The molecule has 5 nitrogen and oxygen atoms in total. The van der Waals surface area contributed by atoms with E-state index in [4.69, 9.17) is 4.74 Å². The van der Waals surface area contributed by atoms with Gasteiger partial charge >= 0.3 is 5.97 Å². The molecule has 3 N–H and O–H groups in total. The van der Waals surface area contributed by atoms with Gasteiger partial charge in [-0.1, -0.05) is 13.8 Å². The molecule has 20 heavy (non-hydrogen) atoms. The van der Waals surface area contributed by atoms with Gasteiger partial charge in [-0.15, -0.1) is 0 Å². The Labute approximate surface area is 120 Å². The van der Waals surface area contributed by atoms with Gasteiger partial charge in [0.05, 0.1) is 31.2 Å². The van der Waals surface area contributed by atoms with E-state index in [2.05, 4.69) is 0 Å². The molecular formula is C15H28NO4+. The van der Waals surface area contributed by atoms with Gasteiger partial charge in [0.25, 0.3) is 0 Å². The Morgan fingerprint density at radius 1 is 1.35 bits per heavy atom. The maximum atomic E-state index is 12.2. The first kappa shape index (κ1) is 15.7. The van der Waals surface area contributed by atoms with Crippen LogP contribution in [0.25, 0.3) is 0 Å². The van der Waals surface area contributed by atoms with Gasteiger partial charge in [-0.2, -0.15) is 0 Å². The van der Waals surface area contributed by atoms with Crippen molar-refractivity contribution in [3.63, 3.8) is 0 Å². The van der Waals surface area contributed by atoms with Crippen molar-refractivity contribution in [3.8, 4) is 0 Å². The number of aliphatic hydroxyl groups excluding tert-OH is 1. The molecule has 0 saturated carbocycles. The van der Waals surface area contributed by atoms with Crippen LogP contribution in [0, 0.1) is 11.8 Å². The molecule has 2 rings (SSSR count). The predicted octanol–water partition coefficient (Wildman–Crippen LogP) is -0.635. The summed E-state index contributed by atoms with van der Waals surface area (Å²) in [5.41, 5.74) is -1.80. The van der Waals surface area contributed by atoms with Gasteiger partial charge in [-0.05, 0) is 12.8 Å². The van der Waals surface area contributed by atoms with E-state index in [1.165, 1.54) is 26.3 Å². The van der Waals surface area contributed by atoms with Crippen molar-refractivity contribution >= 4 is 5.97 Å². The molecule has 0 radical (unpaired) electrons. The number of carbonyl (C=O) groups is 1. The molecule has 116 valence electrons. The highest BCUT2D eigenvalue weighted by Gasteiger charge is 2.47. The molecular weight excluding hydrogens is 258 g/mol. The number of hydrogen-bond acceptors (Lipinski definition) is 4. The van der Waals surface area contributed by atoms with Gasteiger partial charge in [0.1, 0.15) is 6.61 Å². The van der Waals surface area contributed by atoms with E-state index in [9.17, 15) is 15.0 Å². The average molecular weight is 286 g/mol. The van der Waals surface area contributed by atoms with Gasteiger partial charge in [-0.25, -0.2) is 4.79 Å². The summed E-state index contributed by atoms with van der Waals surface area (Å²) in [4.78, 5) is 13.8. The van der Waals surface area contributed by atoms with E-state index < -0.39 is 17.7 Å². The quantitative estimate of drug-likeness (QED) is 0.588. The van der Waals surface area contributed by atoms with Crippen molar-refractivity contribution in [2.24, 2.45) is 11.8 Å². The molecule has 0 aromatic rings. The molecule has 0 bridgehead atoms. The summed E-state index contributed by atoms with van der Waals surface area (Å²) in [6.07, 6.45) is 2.42. The number of quaternary nitrogens is 1. The first-order valence-electron chi connectivity index (χ1n) is 7.79. The zero-order valence-electron chi connectivity index (χ0n) is 12.8. The van der Waals surface area contributed by atoms with Crippen molar-refractivity contribution in [3.05, 3.63) is 0 Å². The number of rotatable bonds is 5. The summed E-state index contributed by atoms with van der Waals surface area (Å²) in [7, 11) is 0. The number of fused-ring (bicyclic) bond motifs is 1. The Bertz CT molecular complexity index is 348. The van der Waals surface area contributed by atoms with E-state index >= 15 is 0 Å². The molecule has 2 aliphatic heterocycles. The van der Waals surface area contributed by atoms with Crippen LogP contribution in [0.2, 0.25) is 0 Å². The minimum absolute atomic E-state index is 0.370. The zero-order chi connectivity index (χ0) is 14.9. The lowest BCUT2D eigenvalue weighted by Gasteiger charge is -2.32. The number of aliphatic hydroxyl groups is 2. The number of ether oxygens (including phenoxy) is 1. The van der Waals surface area contributed by atoms with Gasteiger partial charge in [0, 0.05) is 19.3 Å². The van der Waals surface area contributed by atoms with Crippen molar-refractivity contribution in [1.82, 2.24) is 0 Å². The Morgan fingerprint density at radius 3 is 2.65 bits per heavy atom. The van der Waals surface area contributed by atoms with Crippen LogP contribution >= 0.6 is 0 Å². The summed E-state index contributed by atoms with van der Waals surface area (Å²) in [5.74, 6) is -0.664. The van der Waals surface area contributed by atoms with Crippen molar-refractivity contribution in [2.45, 2.75) is 57.8 Å². The van der Waals surface area contributed by atoms with Gasteiger partial charge in [-0.3, -0.25) is 0 Å². The molecule has 0 amide bonds. The van der Waals surface area contributed by atoms with E-state index in [0.29, 0.717) is 18.6 Å². The zero-order valence-corrected chi connectivity index (χ0v) is 12.8. The average Bonchev–Trinajstić information content (AvgIpc) is 2.97. The SMILES string of the molecule is CC(C)[C@](O)(C(=O)OC[C@@H]1CC[NH+]2CCC[C@@H]12)[C@@H](C)O. The summed E-state index contributed by atoms with van der Waals surface area (Å²) in [6.45, 7) is 7.63. The second kappa shape index (κ2) is 6.00. The molecule has 2 fully saturated rings. The molecule has 2 saturated heterocycles. The van der Waals surface area contributed by atoms with E-state index in [1.54, 1.807) is 18.7 Å². The fraction of sp³-hybridized carbons (Fsp3) is 0.933. The van der Waals surface area contributed by atoms with Crippen molar-refractivity contribution in [1.29, 1.82) is 0 Å². The Morgan fingerprint density at radius 2 is 2.05 bits per heavy atom. The van der Waals surface area contributed by atoms with Crippen LogP contribution in [0.15, 0.2) is 0 Å². The molecule has 2 aliphatic rings. The number of esters is 1. The van der Waals surface area contributed by atoms with Crippen molar-refractivity contribution in [2.75, 3.05) is 19.7 Å². The summed E-state index contributed by atoms with van der Waals surface area (Å²) in [6, 6.07) is 0.612. The minimum atomic E-state index is -1.80. The third-order valence-electron chi connectivity index (χ3n) is 5.22. The highest BCUT2D eigenvalue weighted by molar-refractivity contribution is 5.80. The van der Waals surface area contributed by atoms with Crippen LogP contribution in [0.4, 0.5) is 0 Å². The molecule has 0 spiro atoms. The lowest BCUT2D eigenvalue weighted by atomic mass is 9.85. The highest BCUT2D eigenvalue weighted by Crippen LogP contribution is 2.25. The second-order valence-corrected chi connectivity index (χ2v) is 6.71. The normalized spacial score (nSPS) is 33.8. The largest absolute Gasteiger partial charge is 0.463 e. The molecule has 5 atom stereocenters. The third-order valence-corrected chi connectivity index (χ3v) is 5.22. The van der Waals surface area contributed by atoms with E-state index in [0.717, 1.165) is 13.0 Å². The summed E-state index contributed by atoms with van der Waals surface area (Å²) in [5, 5.41) is 20.1. The maximum Gasteiger partial charge on any atom is 0.341 e. The molecule has 2 heterocycles. The number of hydrogen-bond donors (Lipinski definition) is 3. The third kappa shape index (κ3) is 2.71. The van der Waals surface area contributed by atoms with Crippen LogP contribution in [-0.2, 0) is 9.53 Å². The summed E-state index contributed by atoms with van der Waals surface area (Å²) < 4.78 is 5.36. The number of nitrogens with one attached hydrogen (secondary N) is 1. The molecule has 0 aromatic carbocycles. The molecule has 5 heteroatoms. The lowest BCUT2D eigenvalue weighted by molar-refractivity contribution is -0.900. The van der Waals surface area contributed by atoms with Crippen LogP contribution in [0.3, 0.4) is 0 Å².